The van der Waals surface area contributed by atoms with Gasteiger partial charge in [-0.1, -0.05) is 25.7 Å². The largest absolute Gasteiger partial charge is 0.380 e. The van der Waals surface area contributed by atoms with Gasteiger partial charge in [0.25, 0.3) is 0 Å². The van der Waals surface area contributed by atoms with Crippen LogP contribution in [-0.4, -0.2) is 36.7 Å². The maximum atomic E-state index is 12.8. The number of rotatable bonds is 5. The van der Waals surface area contributed by atoms with Gasteiger partial charge < -0.3 is 4.74 Å². The van der Waals surface area contributed by atoms with Gasteiger partial charge in [-0.05, 0) is 32.6 Å². The number of aromatic nitrogens is 2. The highest BCUT2D eigenvalue weighted by Crippen LogP contribution is 2.33. The van der Waals surface area contributed by atoms with Crippen LogP contribution in [-0.2, 0) is 14.8 Å². The van der Waals surface area contributed by atoms with Crippen LogP contribution < -0.4 is 4.72 Å². The monoisotopic (exact) mass is 341 g/mol. The van der Waals surface area contributed by atoms with E-state index in [1.165, 1.54) is 12.8 Å². The maximum absolute atomic E-state index is 12.8. The van der Waals surface area contributed by atoms with Gasteiger partial charge in [0.2, 0.25) is 10.0 Å². The van der Waals surface area contributed by atoms with Crippen LogP contribution in [0.4, 0.5) is 5.69 Å². The molecule has 130 valence electrons. The van der Waals surface area contributed by atoms with Gasteiger partial charge in [0, 0.05) is 7.11 Å². The second kappa shape index (κ2) is 6.81. The Labute approximate surface area is 138 Å². The average Bonchev–Trinajstić information content (AvgIpc) is 3.18. The number of nitrogens with one attached hydrogen (secondary N) is 1. The van der Waals surface area contributed by atoms with Crippen LogP contribution in [0.5, 0.6) is 0 Å². The van der Waals surface area contributed by atoms with E-state index in [0.717, 1.165) is 37.8 Å². The van der Waals surface area contributed by atoms with Crippen molar-refractivity contribution in [1.82, 2.24) is 9.78 Å². The summed E-state index contributed by atoms with van der Waals surface area (Å²) < 4.78 is 35.7. The van der Waals surface area contributed by atoms with E-state index in [0.29, 0.717) is 18.2 Å². The number of methoxy groups -OCH3 is 1. The normalized spacial score (nSPS) is 26.5. The summed E-state index contributed by atoms with van der Waals surface area (Å²) in [6, 6.07) is 0.412. The van der Waals surface area contributed by atoms with E-state index < -0.39 is 15.3 Å². The van der Waals surface area contributed by atoms with Crippen molar-refractivity contribution in [3.63, 3.8) is 0 Å². The van der Waals surface area contributed by atoms with E-state index in [4.69, 9.17) is 4.74 Å². The van der Waals surface area contributed by atoms with Gasteiger partial charge in [-0.3, -0.25) is 9.40 Å². The quantitative estimate of drug-likeness (QED) is 0.893. The van der Waals surface area contributed by atoms with Gasteiger partial charge in [0.15, 0.2) is 0 Å². The summed E-state index contributed by atoms with van der Waals surface area (Å²) in [5.41, 5.74) is 1.52. The molecule has 2 aliphatic rings. The molecule has 2 unspecified atom stereocenters. The first-order valence-corrected chi connectivity index (χ1v) is 10.2. The Morgan fingerprint density at radius 3 is 2.52 bits per heavy atom. The third-order valence-electron chi connectivity index (χ3n) is 5.31. The Balaban J connectivity index is 1.77. The molecule has 7 heteroatoms. The lowest BCUT2D eigenvalue weighted by atomic mass is 9.97. The zero-order valence-electron chi connectivity index (χ0n) is 14.0. The SMILES string of the molecule is COC1CCCCC1S(=O)(=O)Nc1cnn(C2CCCC2)c1C. The molecule has 0 bridgehead atoms. The van der Waals surface area contributed by atoms with Crippen LogP contribution in [0, 0.1) is 6.92 Å². The lowest BCUT2D eigenvalue weighted by Crippen LogP contribution is -2.41. The fraction of sp³-hybridized carbons (Fsp3) is 0.812. The van der Waals surface area contributed by atoms with E-state index in [2.05, 4.69) is 9.82 Å². The molecule has 0 amide bonds. The smallest absolute Gasteiger partial charge is 0.238 e. The minimum absolute atomic E-state index is 0.216. The van der Waals surface area contributed by atoms with Crippen molar-refractivity contribution < 1.29 is 13.2 Å². The summed E-state index contributed by atoms with van der Waals surface area (Å²) in [6.45, 7) is 1.94. The van der Waals surface area contributed by atoms with Crippen molar-refractivity contribution in [2.24, 2.45) is 0 Å². The van der Waals surface area contributed by atoms with Crippen LogP contribution in [0.15, 0.2) is 6.20 Å². The molecule has 1 aromatic rings. The molecule has 0 radical (unpaired) electrons. The maximum Gasteiger partial charge on any atom is 0.238 e. The molecule has 0 saturated heterocycles. The number of hydrogen-bond donors (Lipinski definition) is 1. The first-order valence-electron chi connectivity index (χ1n) is 8.61. The van der Waals surface area contributed by atoms with Gasteiger partial charge in [0.05, 0.1) is 29.7 Å². The molecule has 2 atom stereocenters. The molecule has 6 nitrogen and oxygen atoms in total. The van der Waals surface area contributed by atoms with E-state index in [1.807, 2.05) is 11.6 Å². The van der Waals surface area contributed by atoms with Crippen LogP contribution >= 0.6 is 0 Å². The molecular weight excluding hydrogens is 314 g/mol. The molecule has 1 N–H and O–H groups in total. The topological polar surface area (TPSA) is 73.2 Å². The Kier molecular flexibility index (Phi) is 4.96. The predicted molar refractivity (Wildman–Crippen MR) is 90.1 cm³/mol. The van der Waals surface area contributed by atoms with E-state index in [9.17, 15) is 8.42 Å². The van der Waals surface area contributed by atoms with Gasteiger partial charge in [0.1, 0.15) is 5.25 Å². The summed E-state index contributed by atoms with van der Waals surface area (Å²) in [5, 5.41) is 3.95. The van der Waals surface area contributed by atoms with Crippen LogP contribution in [0.2, 0.25) is 0 Å². The lowest BCUT2D eigenvalue weighted by Gasteiger charge is -2.30. The molecule has 1 aromatic heterocycles. The minimum Gasteiger partial charge on any atom is -0.380 e. The molecule has 0 aliphatic heterocycles. The van der Waals surface area contributed by atoms with Crippen molar-refractivity contribution in [2.75, 3.05) is 11.8 Å². The molecule has 2 aliphatic carbocycles. The molecule has 0 spiro atoms. The van der Waals surface area contributed by atoms with Crippen molar-refractivity contribution in [3.05, 3.63) is 11.9 Å². The highest BCUT2D eigenvalue weighted by molar-refractivity contribution is 7.93. The Bertz CT molecular complexity index is 635. The molecule has 2 fully saturated rings. The summed E-state index contributed by atoms with van der Waals surface area (Å²) in [7, 11) is -1.86. The number of ether oxygens (including phenoxy) is 1. The second-order valence-corrected chi connectivity index (χ2v) is 8.67. The Morgan fingerprint density at radius 2 is 1.83 bits per heavy atom. The zero-order valence-corrected chi connectivity index (χ0v) is 14.8. The highest BCUT2D eigenvalue weighted by atomic mass is 32.2. The average molecular weight is 341 g/mol. The van der Waals surface area contributed by atoms with Gasteiger partial charge in [-0.15, -0.1) is 0 Å². The predicted octanol–water partition coefficient (Wildman–Crippen LogP) is 3.01. The van der Waals surface area contributed by atoms with E-state index in [1.54, 1.807) is 13.3 Å². The van der Waals surface area contributed by atoms with Crippen LogP contribution in [0.1, 0.15) is 63.1 Å². The summed E-state index contributed by atoms with van der Waals surface area (Å²) in [4.78, 5) is 0. The molecule has 0 aromatic carbocycles. The molecule has 3 rings (SSSR count). The summed E-state index contributed by atoms with van der Waals surface area (Å²) in [5.74, 6) is 0. The lowest BCUT2D eigenvalue weighted by molar-refractivity contribution is 0.0739. The Morgan fingerprint density at radius 1 is 1.17 bits per heavy atom. The second-order valence-electron chi connectivity index (χ2n) is 6.77. The van der Waals surface area contributed by atoms with Crippen molar-refractivity contribution in [1.29, 1.82) is 0 Å². The molecule has 23 heavy (non-hydrogen) atoms. The summed E-state index contributed by atoms with van der Waals surface area (Å²) >= 11 is 0. The first kappa shape index (κ1) is 16.8. The first-order chi connectivity index (χ1) is 11.0. The van der Waals surface area contributed by atoms with Gasteiger partial charge >= 0.3 is 0 Å². The van der Waals surface area contributed by atoms with Crippen molar-refractivity contribution in [3.8, 4) is 0 Å². The van der Waals surface area contributed by atoms with Crippen molar-refractivity contribution in [2.45, 2.75) is 75.7 Å². The molecule has 1 heterocycles. The third kappa shape index (κ3) is 3.40. The van der Waals surface area contributed by atoms with Crippen LogP contribution in [0.3, 0.4) is 0 Å². The number of hydrogen-bond acceptors (Lipinski definition) is 4. The highest BCUT2D eigenvalue weighted by Gasteiger charge is 2.36. The molecule has 2 saturated carbocycles. The van der Waals surface area contributed by atoms with E-state index in [-0.39, 0.29) is 6.10 Å². The fourth-order valence-electron chi connectivity index (χ4n) is 3.96. The van der Waals surface area contributed by atoms with Crippen molar-refractivity contribution >= 4 is 15.7 Å². The van der Waals surface area contributed by atoms with Crippen LogP contribution in [0.25, 0.3) is 0 Å². The number of sulfonamides is 1. The standard InChI is InChI=1S/C16H27N3O3S/c1-12-14(11-17-19(12)13-7-3-4-8-13)18-23(20,21)16-10-6-5-9-15(16)22-2/h11,13,15-16,18H,3-10H2,1-2H3. The fourth-order valence-corrected chi connectivity index (χ4v) is 5.74. The van der Waals surface area contributed by atoms with E-state index >= 15 is 0 Å². The number of anilines is 1. The summed E-state index contributed by atoms with van der Waals surface area (Å²) in [6.07, 6.45) is 9.57. The molecular formula is C16H27N3O3S. The zero-order chi connectivity index (χ0) is 16.4. The van der Waals surface area contributed by atoms with Gasteiger partial charge in [-0.2, -0.15) is 5.10 Å². The van der Waals surface area contributed by atoms with Gasteiger partial charge in [-0.25, -0.2) is 8.42 Å². The Hall–Kier alpha value is -1.08. The minimum atomic E-state index is -3.46. The number of nitrogens with zero attached hydrogens (tertiary/aromatic N) is 2. The third-order valence-corrected chi connectivity index (χ3v) is 7.15.